The van der Waals surface area contributed by atoms with Crippen molar-refractivity contribution < 1.29 is 9.59 Å². The van der Waals surface area contributed by atoms with Crippen LogP contribution in [-0.4, -0.2) is 26.8 Å². The van der Waals surface area contributed by atoms with Crippen LogP contribution in [0, 0.1) is 0 Å². The summed E-state index contributed by atoms with van der Waals surface area (Å²) in [6.45, 7) is 4.16. The second-order valence-corrected chi connectivity index (χ2v) is 7.01. The number of amides is 2. The number of benzene rings is 1. The van der Waals surface area contributed by atoms with Gasteiger partial charge in [0, 0.05) is 23.5 Å². The first kappa shape index (κ1) is 18.7. The highest BCUT2D eigenvalue weighted by Gasteiger charge is 2.13. The van der Waals surface area contributed by atoms with Crippen LogP contribution >= 0.6 is 11.3 Å². The van der Waals surface area contributed by atoms with Crippen LogP contribution in [0.4, 0.5) is 10.8 Å². The Hall–Kier alpha value is -3.13. The molecule has 0 saturated carbocycles. The van der Waals surface area contributed by atoms with Crippen molar-refractivity contribution in [2.75, 3.05) is 10.6 Å². The number of anilines is 2. The van der Waals surface area contributed by atoms with Crippen LogP contribution in [0.25, 0.3) is 0 Å². The smallest absolute Gasteiger partial charge is 0.277 e. The summed E-state index contributed by atoms with van der Waals surface area (Å²) in [5, 5.41) is 7.76. The molecule has 0 aliphatic heterocycles. The molecule has 2 N–H and O–H groups in total. The van der Waals surface area contributed by atoms with E-state index in [0.29, 0.717) is 16.7 Å². The summed E-state index contributed by atoms with van der Waals surface area (Å²) in [7, 11) is 0. The number of para-hydroxylation sites is 1. The van der Waals surface area contributed by atoms with Gasteiger partial charge in [-0.25, -0.2) is 9.97 Å². The Labute approximate surface area is 160 Å². The van der Waals surface area contributed by atoms with Crippen LogP contribution in [0.2, 0.25) is 0 Å². The van der Waals surface area contributed by atoms with Crippen LogP contribution < -0.4 is 10.6 Å². The fourth-order valence-electron chi connectivity index (χ4n) is 2.50. The Bertz CT molecular complexity index is 940. The molecule has 3 rings (SSSR count). The third kappa shape index (κ3) is 4.95. The number of nitrogens with zero attached hydrogens (tertiary/aromatic N) is 3. The molecule has 0 unspecified atom stereocenters. The number of nitrogens with one attached hydrogen (secondary N) is 2. The Morgan fingerprint density at radius 3 is 2.70 bits per heavy atom. The van der Waals surface area contributed by atoms with Gasteiger partial charge < -0.3 is 5.32 Å². The molecule has 2 amide bonds. The van der Waals surface area contributed by atoms with E-state index in [1.165, 1.54) is 29.9 Å². The van der Waals surface area contributed by atoms with E-state index in [1.54, 1.807) is 5.38 Å². The van der Waals surface area contributed by atoms with Gasteiger partial charge in [-0.3, -0.25) is 19.9 Å². The fraction of sp³-hybridized carbons (Fsp3) is 0.211. The third-order valence-electron chi connectivity index (χ3n) is 3.77. The molecule has 8 heteroatoms. The monoisotopic (exact) mass is 381 g/mol. The van der Waals surface area contributed by atoms with E-state index in [1.807, 2.05) is 24.3 Å². The predicted octanol–water partition coefficient (Wildman–Crippen LogP) is 3.49. The molecule has 2 aromatic heterocycles. The normalized spacial score (nSPS) is 10.6. The molecule has 0 fully saturated rings. The minimum atomic E-state index is -0.390. The molecule has 3 aromatic rings. The lowest BCUT2D eigenvalue weighted by atomic mass is 10.0. The minimum Gasteiger partial charge on any atom is -0.325 e. The lowest BCUT2D eigenvalue weighted by Crippen LogP contribution is -2.16. The van der Waals surface area contributed by atoms with Crippen LogP contribution in [-0.2, 0) is 11.2 Å². The summed E-state index contributed by atoms with van der Waals surface area (Å²) in [5.74, 6) is -0.233. The number of thiazole rings is 1. The number of carbonyl (C=O) groups is 2. The molecule has 138 valence electrons. The second-order valence-electron chi connectivity index (χ2n) is 6.16. The van der Waals surface area contributed by atoms with Gasteiger partial charge in [0.25, 0.3) is 5.91 Å². The fourth-order valence-corrected chi connectivity index (χ4v) is 3.20. The van der Waals surface area contributed by atoms with Gasteiger partial charge in [-0.05, 0) is 17.5 Å². The van der Waals surface area contributed by atoms with Crippen LogP contribution in [0.1, 0.15) is 41.5 Å². The van der Waals surface area contributed by atoms with E-state index < -0.39 is 0 Å². The molecule has 7 nitrogen and oxygen atoms in total. The van der Waals surface area contributed by atoms with E-state index in [4.69, 9.17) is 0 Å². The van der Waals surface area contributed by atoms with E-state index in [0.717, 1.165) is 11.3 Å². The summed E-state index contributed by atoms with van der Waals surface area (Å²) < 4.78 is 0. The number of hydrogen-bond donors (Lipinski definition) is 2. The van der Waals surface area contributed by atoms with Gasteiger partial charge in [-0.1, -0.05) is 32.0 Å². The largest absolute Gasteiger partial charge is 0.325 e. The van der Waals surface area contributed by atoms with Gasteiger partial charge in [-0.15, -0.1) is 11.3 Å². The standard InChI is InChI=1S/C19H19N5O2S/c1-12(2)14-5-3-4-6-15(14)23-17(25)9-13-11-27-19(22-13)24-18(26)16-10-20-7-8-21-16/h3-8,10-12H,9H2,1-2H3,(H,23,25)(H,22,24,26). The highest BCUT2D eigenvalue weighted by molar-refractivity contribution is 7.14. The molecule has 0 radical (unpaired) electrons. The first-order valence-corrected chi connectivity index (χ1v) is 9.31. The van der Waals surface area contributed by atoms with Gasteiger partial charge in [0.2, 0.25) is 5.91 Å². The molecule has 0 bridgehead atoms. The van der Waals surface area contributed by atoms with Crippen molar-refractivity contribution in [1.29, 1.82) is 0 Å². The molecular formula is C19H19N5O2S. The Balaban J connectivity index is 1.61. The third-order valence-corrected chi connectivity index (χ3v) is 4.57. The predicted molar refractivity (Wildman–Crippen MR) is 105 cm³/mol. The molecule has 1 aromatic carbocycles. The van der Waals surface area contributed by atoms with Gasteiger partial charge in [0.1, 0.15) is 5.69 Å². The summed E-state index contributed by atoms with van der Waals surface area (Å²) in [6, 6.07) is 7.74. The SMILES string of the molecule is CC(C)c1ccccc1NC(=O)Cc1csc(NC(=O)c2cnccn2)n1. The van der Waals surface area contributed by atoms with Gasteiger partial charge in [-0.2, -0.15) is 0 Å². The van der Waals surface area contributed by atoms with Crippen molar-refractivity contribution in [1.82, 2.24) is 15.0 Å². The Morgan fingerprint density at radius 1 is 1.15 bits per heavy atom. The topological polar surface area (TPSA) is 96.9 Å². The lowest BCUT2D eigenvalue weighted by Gasteiger charge is -2.13. The molecule has 0 saturated heterocycles. The summed E-state index contributed by atoms with van der Waals surface area (Å²) in [4.78, 5) is 36.5. The lowest BCUT2D eigenvalue weighted by molar-refractivity contribution is -0.115. The molecule has 0 aliphatic rings. The van der Waals surface area contributed by atoms with E-state index in [2.05, 4.69) is 39.4 Å². The summed E-state index contributed by atoms with van der Waals surface area (Å²) in [6.07, 6.45) is 4.45. The van der Waals surface area contributed by atoms with Gasteiger partial charge in [0.15, 0.2) is 5.13 Å². The number of rotatable bonds is 6. The van der Waals surface area contributed by atoms with E-state index in [-0.39, 0.29) is 23.9 Å². The van der Waals surface area contributed by atoms with Crippen LogP contribution in [0.3, 0.4) is 0 Å². The summed E-state index contributed by atoms with van der Waals surface area (Å²) >= 11 is 1.26. The van der Waals surface area contributed by atoms with Crippen molar-refractivity contribution in [3.63, 3.8) is 0 Å². The number of aromatic nitrogens is 3. The average molecular weight is 381 g/mol. The zero-order valence-electron chi connectivity index (χ0n) is 15.0. The highest BCUT2D eigenvalue weighted by Crippen LogP contribution is 2.24. The Morgan fingerprint density at radius 2 is 1.96 bits per heavy atom. The molecule has 0 spiro atoms. The van der Waals surface area contributed by atoms with Crippen molar-refractivity contribution in [2.45, 2.75) is 26.2 Å². The molecule has 0 aliphatic carbocycles. The zero-order valence-corrected chi connectivity index (χ0v) is 15.8. The van der Waals surface area contributed by atoms with E-state index >= 15 is 0 Å². The van der Waals surface area contributed by atoms with Crippen molar-refractivity contribution in [2.24, 2.45) is 0 Å². The second kappa shape index (κ2) is 8.50. The maximum absolute atomic E-state index is 12.4. The number of hydrogen-bond acceptors (Lipinski definition) is 6. The van der Waals surface area contributed by atoms with Crippen molar-refractivity contribution >= 4 is 34.0 Å². The molecule has 27 heavy (non-hydrogen) atoms. The van der Waals surface area contributed by atoms with Crippen LogP contribution in [0.5, 0.6) is 0 Å². The van der Waals surface area contributed by atoms with Crippen molar-refractivity contribution in [3.05, 3.63) is 65.2 Å². The maximum atomic E-state index is 12.4. The van der Waals surface area contributed by atoms with Crippen molar-refractivity contribution in [3.8, 4) is 0 Å². The minimum absolute atomic E-state index is 0.129. The highest BCUT2D eigenvalue weighted by atomic mass is 32.1. The summed E-state index contributed by atoms with van der Waals surface area (Å²) in [5.41, 5.74) is 2.69. The first-order valence-electron chi connectivity index (χ1n) is 8.43. The zero-order chi connectivity index (χ0) is 19.2. The molecular weight excluding hydrogens is 362 g/mol. The first-order chi connectivity index (χ1) is 13.0. The van der Waals surface area contributed by atoms with E-state index in [9.17, 15) is 9.59 Å². The molecule has 0 atom stereocenters. The van der Waals surface area contributed by atoms with Gasteiger partial charge in [0.05, 0.1) is 18.3 Å². The quantitative estimate of drug-likeness (QED) is 0.681. The maximum Gasteiger partial charge on any atom is 0.277 e. The number of carbonyl (C=O) groups excluding carboxylic acids is 2. The van der Waals surface area contributed by atoms with Gasteiger partial charge >= 0.3 is 0 Å². The molecule has 2 heterocycles. The van der Waals surface area contributed by atoms with Crippen LogP contribution in [0.15, 0.2) is 48.2 Å². The Kier molecular flexibility index (Phi) is 5.87. The average Bonchev–Trinajstić information content (AvgIpc) is 3.09.